The van der Waals surface area contributed by atoms with Crippen LogP contribution in [0, 0.1) is 0 Å². The molecule has 0 heterocycles. The first-order chi connectivity index (χ1) is 6.77. The zero-order chi connectivity index (χ0) is 10.1. The van der Waals surface area contributed by atoms with E-state index in [9.17, 15) is 4.79 Å². The van der Waals surface area contributed by atoms with Crippen LogP contribution >= 0.6 is 15.9 Å². The van der Waals surface area contributed by atoms with Gasteiger partial charge in [0, 0.05) is 10.0 Å². The Labute approximate surface area is 92.6 Å². The van der Waals surface area contributed by atoms with E-state index in [2.05, 4.69) is 22.9 Å². The number of hydrogen-bond acceptors (Lipinski definition) is 1. The fourth-order valence-corrected chi connectivity index (χ4v) is 3.10. The highest BCUT2D eigenvalue weighted by Gasteiger charge is 2.19. The average molecular weight is 253 g/mol. The van der Waals surface area contributed by atoms with Gasteiger partial charge in [-0.25, -0.2) is 0 Å². The maximum Gasteiger partial charge on any atom is 0.150 e. The lowest BCUT2D eigenvalue weighted by Crippen LogP contribution is -1.98. The lowest BCUT2D eigenvalue weighted by atomic mass is 9.97. The second-order valence-corrected chi connectivity index (χ2v) is 4.56. The normalized spacial score (nSPS) is 14.1. The van der Waals surface area contributed by atoms with E-state index in [0.29, 0.717) is 0 Å². The standard InChI is InChI=1S/C12H13BrO/c1-2-9-11-5-3-4-10(11)8(7-14)6-12(9)13/h6-7H,2-5H2,1H3. The summed E-state index contributed by atoms with van der Waals surface area (Å²) in [5.41, 5.74) is 4.98. The molecule has 0 saturated heterocycles. The Bertz CT molecular complexity index is 382. The molecule has 0 fully saturated rings. The summed E-state index contributed by atoms with van der Waals surface area (Å²) in [6, 6.07) is 1.97. The maximum atomic E-state index is 10.9. The summed E-state index contributed by atoms with van der Waals surface area (Å²) in [4.78, 5) is 10.9. The number of fused-ring (bicyclic) bond motifs is 1. The van der Waals surface area contributed by atoms with Gasteiger partial charge in [0.15, 0.2) is 0 Å². The molecular formula is C12H13BrO. The van der Waals surface area contributed by atoms with Gasteiger partial charge >= 0.3 is 0 Å². The topological polar surface area (TPSA) is 17.1 Å². The predicted molar refractivity (Wildman–Crippen MR) is 60.9 cm³/mol. The third-order valence-corrected chi connectivity index (χ3v) is 3.69. The Hall–Kier alpha value is -0.630. The fourth-order valence-electron chi connectivity index (χ4n) is 2.34. The molecular weight excluding hydrogens is 240 g/mol. The number of hydrogen-bond donors (Lipinski definition) is 0. The van der Waals surface area contributed by atoms with Crippen molar-refractivity contribution in [2.24, 2.45) is 0 Å². The van der Waals surface area contributed by atoms with Gasteiger partial charge < -0.3 is 0 Å². The van der Waals surface area contributed by atoms with E-state index in [1.54, 1.807) is 0 Å². The largest absolute Gasteiger partial charge is 0.298 e. The fraction of sp³-hybridized carbons (Fsp3) is 0.417. The summed E-state index contributed by atoms with van der Waals surface area (Å²) in [5, 5.41) is 0. The Kier molecular flexibility index (Phi) is 2.73. The Morgan fingerprint density at radius 2 is 2.14 bits per heavy atom. The molecule has 0 spiro atoms. The van der Waals surface area contributed by atoms with E-state index >= 15 is 0 Å². The molecule has 14 heavy (non-hydrogen) atoms. The summed E-state index contributed by atoms with van der Waals surface area (Å²) in [7, 11) is 0. The molecule has 0 radical (unpaired) electrons. The van der Waals surface area contributed by atoms with Crippen molar-refractivity contribution in [1.29, 1.82) is 0 Å². The monoisotopic (exact) mass is 252 g/mol. The number of benzene rings is 1. The molecule has 0 saturated carbocycles. The van der Waals surface area contributed by atoms with Gasteiger partial charge in [0.1, 0.15) is 6.29 Å². The Balaban J connectivity index is 2.67. The quantitative estimate of drug-likeness (QED) is 0.739. The minimum absolute atomic E-state index is 0.876. The first-order valence-electron chi connectivity index (χ1n) is 5.06. The smallest absolute Gasteiger partial charge is 0.150 e. The molecule has 74 valence electrons. The molecule has 2 rings (SSSR count). The van der Waals surface area contributed by atoms with Crippen LogP contribution < -0.4 is 0 Å². The minimum Gasteiger partial charge on any atom is -0.298 e. The third kappa shape index (κ3) is 1.42. The number of carbonyl (C=O) groups excluding carboxylic acids is 1. The molecule has 1 aliphatic carbocycles. The second-order valence-electron chi connectivity index (χ2n) is 3.71. The Morgan fingerprint density at radius 3 is 2.79 bits per heavy atom. The zero-order valence-corrected chi connectivity index (χ0v) is 9.86. The highest BCUT2D eigenvalue weighted by Crippen LogP contribution is 2.33. The molecule has 0 bridgehead atoms. The first-order valence-corrected chi connectivity index (χ1v) is 5.85. The van der Waals surface area contributed by atoms with Crippen LogP contribution in [0.2, 0.25) is 0 Å². The van der Waals surface area contributed by atoms with Crippen molar-refractivity contribution < 1.29 is 4.79 Å². The molecule has 1 nitrogen and oxygen atoms in total. The predicted octanol–water partition coefficient (Wildman–Crippen LogP) is 3.31. The second kappa shape index (κ2) is 3.85. The van der Waals surface area contributed by atoms with E-state index in [-0.39, 0.29) is 0 Å². The zero-order valence-electron chi connectivity index (χ0n) is 8.27. The minimum atomic E-state index is 0.876. The van der Waals surface area contributed by atoms with Crippen LogP contribution in [-0.4, -0.2) is 6.29 Å². The molecule has 0 unspecified atom stereocenters. The van der Waals surface area contributed by atoms with E-state index in [1.165, 1.54) is 23.1 Å². The van der Waals surface area contributed by atoms with Gasteiger partial charge in [-0.2, -0.15) is 0 Å². The molecule has 0 N–H and O–H groups in total. The lowest BCUT2D eigenvalue weighted by molar-refractivity contribution is 0.112. The van der Waals surface area contributed by atoms with Gasteiger partial charge in [-0.15, -0.1) is 0 Å². The molecule has 0 amide bonds. The number of aldehydes is 1. The van der Waals surface area contributed by atoms with Crippen LogP contribution in [0.15, 0.2) is 10.5 Å². The van der Waals surface area contributed by atoms with E-state index in [0.717, 1.165) is 35.6 Å². The van der Waals surface area contributed by atoms with Crippen molar-refractivity contribution in [3.05, 3.63) is 32.8 Å². The summed E-state index contributed by atoms with van der Waals surface area (Å²) >= 11 is 3.54. The maximum absolute atomic E-state index is 10.9. The average Bonchev–Trinajstić information content (AvgIpc) is 2.65. The van der Waals surface area contributed by atoms with Crippen LogP contribution in [0.3, 0.4) is 0 Å². The van der Waals surface area contributed by atoms with Crippen LogP contribution in [0.25, 0.3) is 0 Å². The van der Waals surface area contributed by atoms with Crippen molar-refractivity contribution in [1.82, 2.24) is 0 Å². The summed E-state index contributed by atoms with van der Waals surface area (Å²) < 4.78 is 1.10. The van der Waals surface area contributed by atoms with Gasteiger partial charge in [0.05, 0.1) is 0 Å². The van der Waals surface area contributed by atoms with Gasteiger partial charge in [0.25, 0.3) is 0 Å². The molecule has 1 aromatic rings. The van der Waals surface area contributed by atoms with Crippen molar-refractivity contribution in [2.75, 3.05) is 0 Å². The van der Waals surface area contributed by atoms with Gasteiger partial charge in [-0.05, 0) is 48.4 Å². The van der Waals surface area contributed by atoms with Crippen LogP contribution in [0.1, 0.15) is 40.4 Å². The SMILES string of the molecule is CCc1c(Br)cc(C=O)c2c1CCC2. The Morgan fingerprint density at radius 1 is 1.43 bits per heavy atom. The van der Waals surface area contributed by atoms with Crippen LogP contribution in [-0.2, 0) is 19.3 Å². The molecule has 1 aromatic carbocycles. The van der Waals surface area contributed by atoms with E-state index in [1.807, 2.05) is 6.07 Å². The van der Waals surface area contributed by atoms with E-state index < -0.39 is 0 Å². The van der Waals surface area contributed by atoms with E-state index in [4.69, 9.17) is 0 Å². The van der Waals surface area contributed by atoms with Crippen molar-refractivity contribution in [2.45, 2.75) is 32.6 Å². The molecule has 0 aromatic heterocycles. The number of rotatable bonds is 2. The first kappa shape index (κ1) is 9.91. The molecule has 0 aliphatic heterocycles. The highest BCUT2D eigenvalue weighted by molar-refractivity contribution is 9.10. The summed E-state index contributed by atoms with van der Waals surface area (Å²) in [6.45, 7) is 2.17. The number of carbonyl (C=O) groups is 1. The van der Waals surface area contributed by atoms with Gasteiger partial charge in [-0.3, -0.25) is 4.79 Å². The van der Waals surface area contributed by atoms with Gasteiger partial charge in [0.2, 0.25) is 0 Å². The molecule has 0 atom stereocenters. The van der Waals surface area contributed by atoms with Crippen molar-refractivity contribution >= 4 is 22.2 Å². The third-order valence-electron chi connectivity index (χ3n) is 2.98. The summed E-state index contributed by atoms with van der Waals surface area (Å²) in [6.07, 6.45) is 5.43. The van der Waals surface area contributed by atoms with Crippen molar-refractivity contribution in [3.8, 4) is 0 Å². The lowest BCUT2D eigenvalue weighted by Gasteiger charge is -2.11. The molecule has 1 aliphatic rings. The summed E-state index contributed by atoms with van der Waals surface area (Å²) in [5.74, 6) is 0. The van der Waals surface area contributed by atoms with Crippen LogP contribution in [0.4, 0.5) is 0 Å². The molecule has 2 heteroatoms. The number of halogens is 1. The highest BCUT2D eigenvalue weighted by atomic mass is 79.9. The van der Waals surface area contributed by atoms with Crippen LogP contribution in [0.5, 0.6) is 0 Å². The van der Waals surface area contributed by atoms with Crippen molar-refractivity contribution in [3.63, 3.8) is 0 Å². The van der Waals surface area contributed by atoms with Gasteiger partial charge in [-0.1, -0.05) is 22.9 Å².